The number of rotatable bonds is 7. The second-order valence-electron chi connectivity index (χ2n) is 15.1. The van der Waals surface area contributed by atoms with Crippen molar-refractivity contribution in [1.29, 1.82) is 0 Å². The fraction of sp³-hybridized carbons (Fsp3) is 0. The molecule has 0 spiro atoms. The molecule has 8 heteroatoms. The van der Waals surface area contributed by atoms with Gasteiger partial charge in [0.1, 0.15) is 11.2 Å². The molecular formula is C54H33N7O. The highest BCUT2D eigenvalue weighted by molar-refractivity contribution is 6.09. The van der Waals surface area contributed by atoms with Crippen LogP contribution in [0.3, 0.4) is 0 Å². The number of benzene rings is 7. The molecule has 0 atom stereocenters. The summed E-state index contributed by atoms with van der Waals surface area (Å²) in [5, 5.41) is 3.25. The van der Waals surface area contributed by atoms with Gasteiger partial charge in [-0.05, 0) is 47.5 Å². The molecule has 0 N–H and O–H groups in total. The van der Waals surface area contributed by atoms with Crippen LogP contribution < -0.4 is 0 Å². The number of nitrogens with zero attached hydrogens (tertiary/aromatic N) is 7. The molecule has 290 valence electrons. The summed E-state index contributed by atoms with van der Waals surface area (Å²) in [6.07, 6.45) is 1.73. The Bertz CT molecular complexity index is 3570. The predicted molar refractivity (Wildman–Crippen MR) is 247 cm³/mol. The van der Waals surface area contributed by atoms with Gasteiger partial charge in [-0.15, -0.1) is 0 Å². The molecule has 7 aromatic carbocycles. The second-order valence-corrected chi connectivity index (χ2v) is 15.1. The van der Waals surface area contributed by atoms with Crippen LogP contribution in [0.15, 0.2) is 205 Å². The Balaban J connectivity index is 0.956. The first-order chi connectivity index (χ1) is 30.7. The smallest absolute Gasteiger partial charge is 0.229 e. The van der Waals surface area contributed by atoms with Crippen molar-refractivity contribution in [2.45, 2.75) is 0 Å². The molecule has 0 aliphatic rings. The van der Waals surface area contributed by atoms with Gasteiger partial charge in [0.25, 0.3) is 0 Å². The standard InChI is InChI=1S/C54H33N7O/c1-3-13-34(14-4-1)35-24-26-36(27-25-35)47-49-48(44-21-12-32-55-54(44)62-49)57-50(56-47)38-28-30-39(31-29-38)52-58-51(37-15-5-2-6-16-37)59-53(60-52)40-17-11-18-41(33-40)61-45-22-9-7-19-42(45)43-20-8-10-23-46(43)61/h1-33H. The van der Waals surface area contributed by atoms with Gasteiger partial charge in [0.05, 0.1) is 16.4 Å². The number of pyridine rings is 1. The Hall–Kier alpha value is -8.62. The van der Waals surface area contributed by atoms with E-state index in [4.69, 9.17) is 29.3 Å². The van der Waals surface area contributed by atoms with Gasteiger partial charge in [-0.2, -0.15) is 0 Å². The lowest BCUT2D eigenvalue weighted by Gasteiger charge is -2.12. The number of hydrogen-bond acceptors (Lipinski definition) is 7. The summed E-state index contributed by atoms with van der Waals surface area (Å²) in [5.41, 5.74) is 12.5. The van der Waals surface area contributed by atoms with Gasteiger partial charge in [0.2, 0.25) is 5.71 Å². The molecule has 5 heterocycles. The molecule has 0 bridgehead atoms. The van der Waals surface area contributed by atoms with Crippen LogP contribution in [0.1, 0.15) is 0 Å². The average molecular weight is 796 g/mol. The first-order valence-electron chi connectivity index (χ1n) is 20.4. The molecule has 0 aliphatic carbocycles. The van der Waals surface area contributed by atoms with Crippen molar-refractivity contribution >= 4 is 44.0 Å². The van der Waals surface area contributed by atoms with Crippen molar-refractivity contribution in [2.75, 3.05) is 0 Å². The molecule has 8 nitrogen and oxygen atoms in total. The highest BCUT2D eigenvalue weighted by Crippen LogP contribution is 2.37. The molecule has 0 aliphatic heterocycles. The highest BCUT2D eigenvalue weighted by atomic mass is 16.3. The number of fused-ring (bicyclic) bond motifs is 6. The lowest BCUT2D eigenvalue weighted by molar-refractivity contribution is 0.652. The lowest BCUT2D eigenvalue weighted by atomic mass is 10.0. The third-order valence-electron chi connectivity index (χ3n) is 11.4. The Labute approximate surface area is 355 Å². The molecule has 0 saturated carbocycles. The summed E-state index contributed by atoms with van der Waals surface area (Å²) in [7, 11) is 0. The van der Waals surface area contributed by atoms with Crippen LogP contribution in [0.25, 0.3) is 118 Å². The minimum atomic E-state index is 0.520. The molecule has 12 aromatic rings. The van der Waals surface area contributed by atoms with Crippen molar-refractivity contribution < 1.29 is 4.42 Å². The third kappa shape index (κ3) is 6.09. The summed E-state index contributed by atoms with van der Waals surface area (Å²) in [5.74, 6) is 2.30. The van der Waals surface area contributed by atoms with Crippen molar-refractivity contribution in [3.8, 4) is 73.6 Å². The molecule has 0 fully saturated rings. The van der Waals surface area contributed by atoms with Crippen LogP contribution in [0.2, 0.25) is 0 Å². The maximum Gasteiger partial charge on any atom is 0.229 e. The van der Waals surface area contributed by atoms with E-state index in [1.54, 1.807) is 6.20 Å². The van der Waals surface area contributed by atoms with E-state index in [1.807, 2.05) is 84.9 Å². The summed E-state index contributed by atoms with van der Waals surface area (Å²) < 4.78 is 8.63. The van der Waals surface area contributed by atoms with Gasteiger partial charge in [-0.3, -0.25) is 0 Å². The topological polar surface area (TPSA) is 95.4 Å². The summed E-state index contributed by atoms with van der Waals surface area (Å²) in [4.78, 5) is 29.9. The zero-order valence-corrected chi connectivity index (χ0v) is 33.1. The average Bonchev–Trinajstić information content (AvgIpc) is 3.90. The van der Waals surface area contributed by atoms with Gasteiger partial charge in [0.15, 0.2) is 28.9 Å². The Kier molecular flexibility index (Phi) is 8.31. The van der Waals surface area contributed by atoms with Crippen LogP contribution in [-0.2, 0) is 0 Å². The van der Waals surface area contributed by atoms with Gasteiger partial charge in [-0.1, -0.05) is 158 Å². The maximum absolute atomic E-state index is 6.32. The predicted octanol–water partition coefficient (Wildman–Crippen LogP) is 13.1. The Morgan fingerprint density at radius 2 is 0.839 bits per heavy atom. The van der Waals surface area contributed by atoms with Gasteiger partial charge in [0, 0.05) is 50.5 Å². The molecule has 0 radical (unpaired) electrons. The maximum atomic E-state index is 6.32. The fourth-order valence-corrected chi connectivity index (χ4v) is 8.36. The van der Waals surface area contributed by atoms with Gasteiger partial charge in [-0.25, -0.2) is 29.9 Å². The zero-order chi connectivity index (χ0) is 41.0. The Morgan fingerprint density at radius 3 is 1.50 bits per heavy atom. The largest absolute Gasteiger partial charge is 0.434 e. The summed E-state index contributed by atoms with van der Waals surface area (Å²) in [6, 6.07) is 66.2. The second kappa shape index (κ2) is 14.6. The molecular weight excluding hydrogens is 763 g/mol. The van der Waals surface area contributed by atoms with Crippen molar-refractivity contribution in [1.82, 2.24) is 34.5 Å². The number of para-hydroxylation sites is 2. The zero-order valence-electron chi connectivity index (χ0n) is 33.1. The number of aromatic nitrogens is 7. The van der Waals surface area contributed by atoms with E-state index in [-0.39, 0.29) is 0 Å². The first-order valence-corrected chi connectivity index (χ1v) is 20.4. The third-order valence-corrected chi connectivity index (χ3v) is 11.4. The molecule has 5 aromatic heterocycles. The molecule has 0 amide bonds. The quantitative estimate of drug-likeness (QED) is 0.158. The summed E-state index contributed by atoms with van der Waals surface area (Å²) >= 11 is 0. The van der Waals surface area contributed by atoms with E-state index < -0.39 is 0 Å². The molecule has 12 rings (SSSR count). The van der Waals surface area contributed by atoms with Crippen LogP contribution in [-0.4, -0.2) is 34.5 Å². The van der Waals surface area contributed by atoms with E-state index >= 15 is 0 Å². The van der Waals surface area contributed by atoms with E-state index in [9.17, 15) is 0 Å². The first kappa shape index (κ1) is 35.3. The molecule has 62 heavy (non-hydrogen) atoms. The van der Waals surface area contributed by atoms with E-state index in [0.717, 1.165) is 61.1 Å². The van der Waals surface area contributed by atoms with E-state index in [2.05, 4.69) is 119 Å². The lowest BCUT2D eigenvalue weighted by Crippen LogP contribution is -2.01. The summed E-state index contributed by atoms with van der Waals surface area (Å²) in [6.45, 7) is 0. The van der Waals surface area contributed by atoms with Crippen molar-refractivity contribution in [3.63, 3.8) is 0 Å². The monoisotopic (exact) mass is 795 g/mol. The van der Waals surface area contributed by atoms with Crippen LogP contribution in [0, 0.1) is 0 Å². The van der Waals surface area contributed by atoms with E-state index in [0.29, 0.717) is 45.8 Å². The fourth-order valence-electron chi connectivity index (χ4n) is 8.36. The Morgan fingerprint density at radius 1 is 0.355 bits per heavy atom. The van der Waals surface area contributed by atoms with Crippen molar-refractivity contribution in [2.24, 2.45) is 0 Å². The molecule has 0 saturated heterocycles. The minimum Gasteiger partial charge on any atom is -0.434 e. The van der Waals surface area contributed by atoms with Crippen LogP contribution in [0.4, 0.5) is 0 Å². The van der Waals surface area contributed by atoms with Crippen molar-refractivity contribution in [3.05, 3.63) is 200 Å². The SMILES string of the molecule is c1ccc(-c2ccc(-c3nc(-c4ccc(-c5nc(-c6ccccc6)nc(-c6cccc(-n7c8ccccc8c8ccccc87)c6)n5)cc4)nc4c3oc3ncccc34)cc2)cc1. The van der Waals surface area contributed by atoms with E-state index in [1.165, 1.54) is 10.8 Å². The highest BCUT2D eigenvalue weighted by Gasteiger charge is 2.20. The van der Waals surface area contributed by atoms with Gasteiger partial charge >= 0.3 is 0 Å². The van der Waals surface area contributed by atoms with Crippen LogP contribution in [0.5, 0.6) is 0 Å². The normalized spacial score (nSPS) is 11.5. The number of hydrogen-bond donors (Lipinski definition) is 0. The van der Waals surface area contributed by atoms with Crippen LogP contribution >= 0.6 is 0 Å². The van der Waals surface area contributed by atoms with Gasteiger partial charge < -0.3 is 8.98 Å². The molecule has 0 unspecified atom stereocenters. The number of furan rings is 1. The minimum absolute atomic E-state index is 0.520.